The van der Waals surface area contributed by atoms with E-state index in [1.54, 1.807) is 7.11 Å². The van der Waals surface area contributed by atoms with Crippen molar-refractivity contribution in [3.05, 3.63) is 0 Å². The van der Waals surface area contributed by atoms with E-state index in [2.05, 4.69) is 6.92 Å². The quantitative estimate of drug-likeness (QED) is 0.158. The second-order valence-corrected chi connectivity index (χ2v) is 7.24. The summed E-state index contributed by atoms with van der Waals surface area (Å²) >= 11 is 0. The van der Waals surface area contributed by atoms with E-state index in [-0.39, 0.29) is 5.97 Å². The summed E-state index contributed by atoms with van der Waals surface area (Å²) in [6.07, 6.45) is 11.7. The van der Waals surface area contributed by atoms with Crippen molar-refractivity contribution < 1.29 is 33.2 Å². The Balaban J connectivity index is 3.12. The van der Waals surface area contributed by atoms with Gasteiger partial charge in [0.05, 0.1) is 59.5 Å². The van der Waals surface area contributed by atoms with Gasteiger partial charge in [-0.3, -0.25) is 4.79 Å². The molecule has 0 rings (SSSR count). The Kier molecular flexibility index (Phi) is 25.7. The minimum absolute atomic E-state index is 0.124. The lowest BCUT2D eigenvalue weighted by atomic mass is 10.1. The van der Waals surface area contributed by atoms with Crippen LogP contribution in [0, 0.1) is 0 Å². The van der Waals surface area contributed by atoms with Crippen molar-refractivity contribution >= 4 is 5.97 Å². The van der Waals surface area contributed by atoms with Gasteiger partial charge in [-0.2, -0.15) is 0 Å². The Morgan fingerprint density at radius 1 is 0.533 bits per heavy atom. The molecule has 0 aliphatic rings. The normalized spacial score (nSPS) is 11.1. The summed E-state index contributed by atoms with van der Waals surface area (Å²) in [7, 11) is 1.65. The molecule has 0 bridgehead atoms. The first-order chi connectivity index (χ1) is 14.8. The smallest absolute Gasteiger partial charge is 0.305 e. The Hall–Kier alpha value is -0.730. The number of carbonyl (C=O) groups is 1. The highest BCUT2D eigenvalue weighted by atomic mass is 16.6. The molecular weight excluding hydrogens is 388 g/mol. The summed E-state index contributed by atoms with van der Waals surface area (Å²) in [6, 6.07) is 0. The van der Waals surface area contributed by atoms with E-state index in [0.717, 1.165) is 12.8 Å². The second kappa shape index (κ2) is 26.3. The molecule has 0 fully saturated rings. The molecule has 0 spiro atoms. The van der Waals surface area contributed by atoms with Gasteiger partial charge < -0.3 is 28.4 Å². The van der Waals surface area contributed by atoms with E-state index in [9.17, 15) is 4.79 Å². The summed E-state index contributed by atoms with van der Waals surface area (Å²) in [5, 5.41) is 0. The van der Waals surface area contributed by atoms with Crippen molar-refractivity contribution in [3.63, 3.8) is 0 Å². The third kappa shape index (κ3) is 25.3. The maximum absolute atomic E-state index is 11.7. The molecule has 0 saturated carbocycles. The third-order valence-electron chi connectivity index (χ3n) is 4.52. The molecule has 0 aromatic rings. The summed E-state index contributed by atoms with van der Waals surface area (Å²) in [5.41, 5.74) is 0. The average molecular weight is 435 g/mol. The van der Waals surface area contributed by atoms with Crippen LogP contribution >= 0.6 is 0 Å². The number of hydrogen-bond acceptors (Lipinski definition) is 7. The van der Waals surface area contributed by atoms with Crippen LogP contribution in [0.5, 0.6) is 0 Å². The van der Waals surface area contributed by atoms with E-state index in [1.165, 1.54) is 44.9 Å². The monoisotopic (exact) mass is 434 g/mol. The van der Waals surface area contributed by atoms with Crippen molar-refractivity contribution in [2.45, 2.75) is 71.1 Å². The summed E-state index contributed by atoms with van der Waals surface area (Å²) in [4.78, 5) is 11.7. The van der Waals surface area contributed by atoms with E-state index < -0.39 is 0 Å². The molecule has 0 saturated heterocycles. The molecule has 0 aliphatic heterocycles. The Morgan fingerprint density at radius 2 is 0.933 bits per heavy atom. The number of carbonyl (C=O) groups excluding carboxylic acids is 1. The maximum atomic E-state index is 11.7. The fourth-order valence-corrected chi connectivity index (χ4v) is 2.77. The van der Waals surface area contributed by atoms with Gasteiger partial charge in [0, 0.05) is 13.5 Å². The number of rotatable bonds is 25. The van der Waals surface area contributed by atoms with Crippen LogP contribution in [-0.2, 0) is 33.2 Å². The fourth-order valence-electron chi connectivity index (χ4n) is 2.77. The molecule has 0 aromatic carbocycles. The number of ether oxygens (including phenoxy) is 6. The molecule has 0 heterocycles. The van der Waals surface area contributed by atoms with Crippen molar-refractivity contribution in [1.29, 1.82) is 0 Å². The summed E-state index contributed by atoms with van der Waals surface area (Å²) < 4.78 is 31.5. The van der Waals surface area contributed by atoms with Gasteiger partial charge >= 0.3 is 5.97 Å². The number of hydrogen-bond donors (Lipinski definition) is 0. The minimum atomic E-state index is -0.124. The van der Waals surface area contributed by atoms with Crippen LogP contribution in [0.3, 0.4) is 0 Å². The highest BCUT2D eigenvalue weighted by Crippen LogP contribution is 2.10. The molecule has 0 amide bonds. The molecule has 0 N–H and O–H groups in total. The first kappa shape index (κ1) is 29.3. The predicted octanol–water partition coefficient (Wildman–Crippen LogP) is 4.16. The van der Waals surface area contributed by atoms with Gasteiger partial charge in [-0.05, 0) is 6.42 Å². The lowest BCUT2D eigenvalue weighted by Crippen LogP contribution is -2.14. The lowest BCUT2D eigenvalue weighted by Gasteiger charge is -2.08. The Bertz CT molecular complexity index is 340. The van der Waals surface area contributed by atoms with Crippen LogP contribution in [0.1, 0.15) is 71.1 Å². The zero-order chi connectivity index (χ0) is 22.0. The largest absolute Gasteiger partial charge is 0.463 e. The first-order valence-corrected chi connectivity index (χ1v) is 11.8. The van der Waals surface area contributed by atoms with Gasteiger partial charge in [0.15, 0.2) is 0 Å². The summed E-state index contributed by atoms with van der Waals surface area (Å²) in [5.74, 6) is -0.124. The van der Waals surface area contributed by atoms with E-state index in [0.29, 0.717) is 72.5 Å². The molecule has 7 nitrogen and oxygen atoms in total. The fraction of sp³-hybridized carbons (Fsp3) is 0.957. The second-order valence-electron chi connectivity index (χ2n) is 7.24. The molecule has 0 unspecified atom stereocenters. The predicted molar refractivity (Wildman–Crippen MR) is 118 cm³/mol. The van der Waals surface area contributed by atoms with E-state index >= 15 is 0 Å². The highest BCUT2D eigenvalue weighted by Gasteiger charge is 2.02. The molecule has 30 heavy (non-hydrogen) atoms. The zero-order valence-corrected chi connectivity index (χ0v) is 19.5. The SMILES string of the molecule is CCCCCCCCCCCC(=O)OCCOCCOCCOCCOCCOC. The Morgan fingerprint density at radius 3 is 1.40 bits per heavy atom. The van der Waals surface area contributed by atoms with Crippen molar-refractivity contribution in [2.24, 2.45) is 0 Å². The van der Waals surface area contributed by atoms with Gasteiger partial charge in [-0.15, -0.1) is 0 Å². The maximum Gasteiger partial charge on any atom is 0.305 e. The highest BCUT2D eigenvalue weighted by molar-refractivity contribution is 5.69. The molecule has 0 radical (unpaired) electrons. The molecule has 7 heteroatoms. The zero-order valence-electron chi connectivity index (χ0n) is 19.5. The van der Waals surface area contributed by atoms with Crippen LogP contribution in [0.4, 0.5) is 0 Å². The van der Waals surface area contributed by atoms with Crippen LogP contribution in [0.15, 0.2) is 0 Å². The molecule has 180 valence electrons. The van der Waals surface area contributed by atoms with Gasteiger partial charge in [0.1, 0.15) is 6.61 Å². The number of unbranched alkanes of at least 4 members (excludes halogenated alkanes) is 8. The van der Waals surface area contributed by atoms with Crippen LogP contribution < -0.4 is 0 Å². The average Bonchev–Trinajstić information content (AvgIpc) is 2.75. The topological polar surface area (TPSA) is 72.5 Å². The molecule has 0 aliphatic carbocycles. The first-order valence-electron chi connectivity index (χ1n) is 11.8. The van der Waals surface area contributed by atoms with Crippen molar-refractivity contribution in [1.82, 2.24) is 0 Å². The number of esters is 1. The van der Waals surface area contributed by atoms with Gasteiger partial charge in [-0.1, -0.05) is 58.3 Å². The van der Waals surface area contributed by atoms with Gasteiger partial charge in [-0.25, -0.2) is 0 Å². The molecule has 0 atom stereocenters. The standard InChI is InChI=1S/C23H46O7/c1-3-4-5-6-7-8-9-10-11-12-23(24)30-22-21-29-20-19-28-18-17-27-16-15-26-14-13-25-2/h3-22H2,1-2H3. The van der Waals surface area contributed by atoms with Crippen LogP contribution in [0.2, 0.25) is 0 Å². The van der Waals surface area contributed by atoms with E-state index in [1.807, 2.05) is 0 Å². The van der Waals surface area contributed by atoms with Crippen LogP contribution in [-0.4, -0.2) is 79.1 Å². The van der Waals surface area contributed by atoms with E-state index in [4.69, 9.17) is 28.4 Å². The number of methoxy groups -OCH3 is 1. The minimum Gasteiger partial charge on any atom is -0.463 e. The van der Waals surface area contributed by atoms with Gasteiger partial charge in [0.2, 0.25) is 0 Å². The van der Waals surface area contributed by atoms with Crippen molar-refractivity contribution in [2.75, 3.05) is 73.2 Å². The molecular formula is C23H46O7. The van der Waals surface area contributed by atoms with Gasteiger partial charge in [0.25, 0.3) is 0 Å². The molecule has 0 aromatic heterocycles. The lowest BCUT2D eigenvalue weighted by molar-refractivity contribution is -0.145. The Labute approximate surface area is 184 Å². The van der Waals surface area contributed by atoms with Crippen LogP contribution in [0.25, 0.3) is 0 Å². The third-order valence-corrected chi connectivity index (χ3v) is 4.52. The van der Waals surface area contributed by atoms with Crippen molar-refractivity contribution in [3.8, 4) is 0 Å². The summed E-state index contributed by atoms with van der Waals surface area (Å²) in [6.45, 7) is 7.28.